The normalized spacial score (nSPS) is 18.6. The first-order valence-electron chi connectivity index (χ1n) is 37.7. The van der Waals surface area contributed by atoms with E-state index in [9.17, 15) is 30.3 Å². The van der Waals surface area contributed by atoms with Gasteiger partial charge in [-0.2, -0.15) is 0 Å². The molecule has 1 amide bonds. The van der Waals surface area contributed by atoms with Crippen LogP contribution in [-0.4, -0.2) is 87.5 Å². The second-order valence-electron chi connectivity index (χ2n) is 25.3. The second kappa shape index (κ2) is 69.6. The molecule has 92 heavy (non-hydrogen) atoms. The molecule has 0 aliphatic carbocycles. The number of carbonyl (C=O) groups is 1. The van der Waals surface area contributed by atoms with Gasteiger partial charge in [-0.05, 0) is 116 Å². The molecule has 6 N–H and O–H groups in total. The Hall–Kier alpha value is -4.19. The van der Waals surface area contributed by atoms with E-state index in [0.29, 0.717) is 6.42 Å². The Balaban J connectivity index is 2.17. The number of rotatable bonds is 64. The van der Waals surface area contributed by atoms with Crippen molar-refractivity contribution in [1.29, 1.82) is 0 Å². The van der Waals surface area contributed by atoms with Crippen LogP contribution in [0.5, 0.6) is 0 Å². The Morgan fingerprint density at radius 2 is 0.685 bits per heavy atom. The third-order valence-corrected chi connectivity index (χ3v) is 16.8. The molecule has 0 spiro atoms. The van der Waals surface area contributed by atoms with Gasteiger partial charge in [0, 0.05) is 6.42 Å². The highest BCUT2D eigenvalue weighted by molar-refractivity contribution is 5.76. The van der Waals surface area contributed by atoms with Gasteiger partial charge in [-0.3, -0.25) is 4.79 Å². The predicted octanol–water partition coefficient (Wildman–Crippen LogP) is 21.5. The highest BCUT2D eigenvalue weighted by Gasteiger charge is 2.44. The van der Waals surface area contributed by atoms with Gasteiger partial charge in [0.1, 0.15) is 24.4 Å². The number of amides is 1. The first kappa shape index (κ1) is 85.8. The zero-order chi connectivity index (χ0) is 66.4. The van der Waals surface area contributed by atoms with Gasteiger partial charge in [0.25, 0.3) is 0 Å². The van der Waals surface area contributed by atoms with Gasteiger partial charge < -0.3 is 40.3 Å². The Kier molecular flexibility index (Phi) is 65.0. The smallest absolute Gasteiger partial charge is 0.220 e. The Morgan fingerprint density at radius 3 is 1.04 bits per heavy atom. The summed E-state index contributed by atoms with van der Waals surface area (Å²) >= 11 is 0. The summed E-state index contributed by atoms with van der Waals surface area (Å²) < 4.78 is 11.3. The van der Waals surface area contributed by atoms with Crippen molar-refractivity contribution in [2.45, 2.75) is 346 Å². The fourth-order valence-electron chi connectivity index (χ4n) is 11.0. The lowest BCUT2D eigenvalue weighted by molar-refractivity contribution is -0.302. The van der Waals surface area contributed by atoms with Crippen LogP contribution in [0.2, 0.25) is 0 Å². The summed E-state index contributed by atoms with van der Waals surface area (Å²) in [6.45, 7) is 3.66. The fraction of sp³-hybridized carbons (Fsp3) is 0.675. The molecule has 1 aliphatic heterocycles. The van der Waals surface area contributed by atoms with E-state index in [1.807, 2.05) is 6.08 Å². The predicted molar refractivity (Wildman–Crippen MR) is 396 cm³/mol. The van der Waals surface area contributed by atoms with E-state index in [1.165, 1.54) is 161 Å². The van der Waals surface area contributed by atoms with Crippen molar-refractivity contribution in [2.75, 3.05) is 13.2 Å². The van der Waals surface area contributed by atoms with Crippen LogP contribution in [0.1, 0.15) is 303 Å². The molecule has 1 saturated heterocycles. The number of carbonyl (C=O) groups excluding carboxylic acids is 1. The average molecular weight is 1280 g/mol. The Labute approximate surface area is 565 Å². The summed E-state index contributed by atoms with van der Waals surface area (Å²) in [7, 11) is 0. The summed E-state index contributed by atoms with van der Waals surface area (Å²) in [5.74, 6) is -0.201. The van der Waals surface area contributed by atoms with Crippen LogP contribution in [0.4, 0.5) is 0 Å². The average Bonchev–Trinajstić information content (AvgIpc) is 1.00. The molecule has 524 valence electrons. The molecule has 9 nitrogen and oxygen atoms in total. The zero-order valence-corrected chi connectivity index (χ0v) is 58.7. The van der Waals surface area contributed by atoms with E-state index in [0.717, 1.165) is 122 Å². The summed E-state index contributed by atoms with van der Waals surface area (Å²) in [5.41, 5.74) is 0. The number of hydrogen-bond acceptors (Lipinski definition) is 8. The molecule has 0 aromatic heterocycles. The van der Waals surface area contributed by atoms with E-state index in [2.05, 4.69) is 165 Å². The van der Waals surface area contributed by atoms with Gasteiger partial charge in [0.2, 0.25) is 5.91 Å². The molecule has 0 saturated carbocycles. The number of aliphatic hydroxyl groups is 5. The summed E-state index contributed by atoms with van der Waals surface area (Å²) in [5, 5.41) is 54.8. The molecular weight excluding hydrogens is 1140 g/mol. The maximum atomic E-state index is 13.1. The standard InChI is InChI=1S/C83H139NO8/c1-3-5-7-9-11-13-15-17-19-21-23-25-27-29-31-33-34-35-36-37-38-39-40-41-42-43-44-45-47-49-51-53-55-57-59-61-63-65-67-69-71-73-79(87)84-76(75-91-83-82(90)81(89)80(88)78(74-85)92-83)77(86)72-70-68-66-64-62-60-58-56-54-52-50-48-46-32-30-28-26-24-22-20-18-16-14-12-10-8-6-4-2/h5,7,11,13,17,19,23,25,29,31,34-35,37-38,40-41,43-44,47,49,53,55,62,64,70,72,76-78,80-83,85-86,88-90H,3-4,6,8-10,12,14-16,18,20-22,24,26-28,30,32-33,36,39,42,45-46,48,50-52,54,56-61,63,65-69,71,73-75H2,1-2H3,(H,84,87)/b7-5-,13-11-,19-17-,25-23-,31-29-,35-34-,38-37-,41-40-,44-43-,49-47-,55-53-,64-62+,72-70+. The molecule has 1 heterocycles. The minimum absolute atomic E-state index is 0.201. The lowest BCUT2D eigenvalue weighted by Crippen LogP contribution is -2.60. The quantitative estimate of drug-likeness (QED) is 0.0261. The van der Waals surface area contributed by atoms with Crippen LogP contribution >= 0.6 is 0 Å². The van der Waals surface area contributed by atoms with Gasteiger partial charge in [-0.25, -0.2) is 0 Å². The Morgan fingerprint density at radius 1 is 0.380 bits per heavy atom. The van der Waals surface area contributed by atoms with E-state index >= 15 is 0 Å². The molecule has 1 rings (SSSR count). The lowest BCUT2D eigenvalue weighted by atomic mass is 9.99. The van der Waals surface area contributed by atoms with Crippen LogP contribution in [-0.2, 0) is 14.3 Å². The largest absolute Gasteiger partial charge is 0.394 e. The third kappa shape index (κ3) is 57.3. The van der Waals surface area contributed by atoms with Gasteiger partial charge in [-0.15, -0.1) is 0 Å². The van der Waals surface area contributed by atoms with Crippen LogP contribution in [0.25, 0.3) is 0 Å². The molecule has 0 aromatic rings. The highest BCUT2D eigenvalue weighted by atomic mass is 16.7. The van der Waals surface area contributed by atoms with Crippen LogP contribution < -0.4 is 5.32 Å². The number of aliphatic hydroxyl groups excluding tert-OH is 5. The van der Waals surface area contributed by atoms with Gasteiger partial charge in [0.05, 0.1) is 25.4 Å². The van der Waals surface area contributed by atoms with E-state index in [4.69, 9.17) is 9.47 Å². The van der Waals surface area contributed by atoms with Crippen molar-refractivity contribution in [3.05, 3.63) is 158 Å². The van der Waals surface area contributed by atoms with E-state index in [-0.39, 0.29) is 12.5 Å². The summed E-state index contributed by atoms with van der Waals surface area (Å²) in [6, 6.07) is -0.841. The molecule has 7 atom stereocenters. The minimum atomic E-state index is -1.58. The van der Waals surface area contributed by atoms with Crippen molar-refractivity contribution in [3.63, 3.8) is 0 Å². The molecule has 9 heteroatoms. The summed E-state index contributed by atoms with van der Waals surface area (Å²) in [6.07, 6.45) is 102. The van der Waals surface area contributed by atoms with Crippen molar-refractivity contribution >= 4 is 5.91 Å². The molecule has 0 bridgehead atoms. The lowest BCUT2D eigenvalue weighted by Gasteiger charge is -2.40. The van der Waals surface area contributed by atoms with Crippen molar-refractivity contribution in [3.8, 4) is 0 Å². The molecule has 1 fully saturated rings. The van der Waals surface area contributed by atoms with E-state index in [1.54, 1.807) is 6.08 Å². The van der Waals surface area contributed by atoms with Gasteiger partial charge in [0.15, 0.2) is 6.29 Å². The Bertz CT molecular complexity index is 2020. The van der Waals surface area contributed by atoms with Crippen LogP contribution in [0.15, 0.2) is 158 Å². The van der Waals surface area contributed by atoms with Crippen molar-refractivity contribution < 1.29 is 39.8 Å². The summed E-state index contributed by atoms with van der Waals surface area (Å²) in [4.78, 5) is 13.1. The van der Waals surface area contributed by atoms with Gasteiger partial charge >= 0.3 is 0 Å². The molecular formula is C83H139NO8. The monoisotopic (exact) mass is 1280 g/mol. The van der Waals surface area contributed by atoms with E-state index < -0.39 is 49.5 Å². The number of allylic oxidation sites excluding steroid dienone is 25. The molecule has 0 radical (unpaired) electrons. The SMILES string of the molecule is CC/C=C\C/C=C\C/C=C\C/C=C\C/C=C\C/C=C\C/C=C\C/C=C\C/C=C\C/C=C\C/C=C\CCCCCCCCCC(=O)NC(COC1OC(CO)C(O)C(O)C1O)C(O)/C=C/CC/C=C/CCCCCCCCCCCCCCCCCCCCCCCC. The maximum Gasteiger partial charge on any atom is 0.220 e. The topological polar surface area (TPSA) is 149 Å². The molecule has 0 aromatic carbocycles. The number of hydrogen-bond donors (Lipinski definition) is 6. The molecule has 7 unspecified atom stereocenters. The first-order valence-corrected chi connectivity index (χ1v) is 37.7. The van der Waals surface area contributed by atoms with Crippen molar-refractivity contribution in [2.24, 2.45) is 0 Å². The number of nitrogens with one attached hydrogen (secondary N) is 1. The highest BCUT2D eigenvalue weighted by Crippen LogP contribution is 2.23. The van der Waals surface area contributed by atoms with Crippen molar-refractivity contribution in [1.82, 2.24) is 5.32 Å². The second-order valence-corrected chi connectivity index (χ2v) is 25.3. The fourth-order valence-corrected chi connectivity index (χ4v) is 11.0. The van der Waals surface area contributed by atoms with Crippen LogP contribution in [0.3, 0.4) is 0 Å². The zero-order valence-electron chi connectivity index (χ0n) is 58.7. The maximum absolute atomic E-state index is 13.1. The minimum Gasteiger partial charge on any atom is -0.394 e. The molecule has 1 aliphatic rings. The third-order valence-electron chi connectivity index (χ3n) is 16.8. The first-order chi connectivity index (χ1) is 45.3. The number of unbranched alkanes of at least 4 members (excludes halogenated alkanes) is 30. The number of ether oxygens (including phenoxy) is 2. The van der Waals surface area contributed by atoms with Gasteiger partial charge in [-0.1, -0.05) is 339 Å². The van der Waals surface area contributed by atoms with Crippen LogP contribution in [0, 0.1) is 0 Å².